The van der Waals surface area contributed by atoms with Crippen LogP contribution in [0, 0.1) is 13.8 Å². The lowest BCUT2D eigenvalue weighted by Gasteiger charge is -2.06. The Labute approximate surface area is 158 Å². The molecule has 0 aliphatic heterocycles. The average molecular weight is 419 g/mol. The highest BCUT2D eigenvalue weighted by Gasteiger charge is 2.12. The Kier molecular flexibility index (Phi) is 5.51. The van der Waals surface area contributed by atoms with Crippen LogP contribution in [-0.4, -0.2) is 24.2 Å². The van der Waals surface area contributed by atoms with Crippen molar-refractivity contribution in [1.29, 1.82) is 0 Å². The Hall–Kier alpha value is -1.76. The molecular weight excluding hydrogens is 400 g/mol. The first-order chi connectivity index (χ1) is 12.0. The summed E-state index contributed by atoms with van der Waals surface area (Å²) in [4.78, 5) is 17.7. The predicted octanol–water partition coefficient (Wildman–Crippen LogP) is 4.47. The number of nitrogens with zero attached hydrogens (tertiary/aromatic N) is 2. The Bertz CT molecular complexity index is 1000. The minimum Gasteiger partial charge on any atom is -0.383 e. The summed E-state index contributed by atoms with van der Waals surface area (Å²) in [6.07, 6.45) is 0. The van der Waals surface area contributed by atoms with Crippen molar-refractivity contribution in [3.05, 3.63) is 62.4 Å². The summed E-state index contributed by atoms with van der Waals surface area (Å²) >= 11 is 4.95. The summed E-state index contributed by atoms with van der Waals surface area (Å²) in [5.74, 6) is -0.251. The molecule has 0 saturated heterocycles. The minimum absolute atomic E-state index is 0.251. The second kappa shape index (κ2) is 7.64. The Balaban J connectivity index is 2.17. The van der Waals surface area contributed by atoms with Crippen LogP contribution in [0.3, 0.4) is 0 Å². The van der Waals surface area contributed by atoms with Crippen molar-refractivity contribution < 1.29 is 9.53 Å². The van der Waals surface area contributed by atoms with E-state index in [9.17, 15) is 4.79 Å². The molecule has 1 heterocycles. The number of hydrogen-bond acceptors (Lipinski definition) is 3. The molecule has 3 aromatic rings. The molecule has 1 aromatic heterocycles. The van der Waals surface area contributed by atoms with Gasteiger partial charge in [0.05, 0.1) is 22.4 Å². The second-order valence-electron chi connectivity index (χ2n) is 5.83. The number of amides is 1. The zero-order valence-electron chi connectivity index (χ0n) is 14.4. The van der Waals surface area contributed by atoms with Crippen LogP contribution in [0.25, 0.3) is 10.2 Å². The number of rotatable bonds is 4. The van der Waals surface area contributed by atoms with Crippen LogP contribution in [0.2, 0.25) is 0 Å². The molecule has 0 spiro atoms. The number of aromatic nitrogens is 1. The third-order valence-corrected chi connectivity index (χ3v) is 5.85. The fraction of sp³-hybridized carbons (Fsp3) is 0.263. The van der Waals surface area contributed by atoms with Gasteiger partial charge in [-0.1, -0.05) is 23.5 Å². The van der Waals surface area contributed by atoms with Crippen LogP contribution in [0.5, 0.6) is 0 Å². The fourth-order valence-electron chi connectivity index (χ4n) is 2.59. The van der Waals surface area contributed by atoms with Crippen molar-refractivity contribution in [3.63, 3.8) is 0 Å². The van der Waals surface area contributed by atoms with Gasteiger partial charge in [-0.15, -0.1) is 0 Å². The second-order valence-corrected chi connectivity index (χ2v) is 7.69. The first-order valence-electron chi connectivity index (χ1n) is 7.94. The summed E-state index contributed by atoms with van der Waals surface area (Å²) in [6, 6.07) is 11.6. The monoisotopic (exact) mass is 418 g/mol. The molecule has 0 N–H and O–H groups in total. The van der Waals surface area contributed by atoms with Crippen LogP contribution in [0.4, 0.5) is 0 Å². The number of halogens is 1. The predicted molar refractivity (Wildman–Crippen MR) is 105 cm³/mol. The molecule has 0 atom stereocenters. The van der Waals surface area contributed by atoms with Crippen molar-refractivity contribution in [2.24, 2.45) is 4.99 Å². The number of ether oxygens (including phenoxy) is 1. The highest BCUT2D eigenvalue weighted by atomic mass is 79.9. The molecule has 25 heavy (non-hydrogen) atoms. The van der Waals surface area contributed by atoms with Crippen LogP contribution in [0.1, 0.15) is 21.5 Å². The van der Waals surface area contributed by atoms with E-state index in [1.807, 2.05) is 18.2 Å². The van der Waals surface area contributed by atoms with Gasteiger partial charge in [0.2, 0.25) is 0 Å². The minimum atomic E-state index is -0.251. The molecule has 130 valence electrons. The maximum absolute atomic E-state index is 12.6. The molecular formula is C19H19BrN2O2S. The van der Waals surface area contributed by atoms with Crippen molar-refractivity contribution in [1.82, 2.24) is 4.57 Å². The molecule has 0 bridgehead atoms. The molecule has 0 unspecified atom stereocenters. The number of methoxy groups -OCH3 is 1. The summed E-state index contributed by atoms with van der Waals surface area (Å²) in [5, 5.41) is 0. The van der Waals surface area contributed by atoms with Crippen LogP contribution >= 0.6 is 27.3 Å². The normalized spacial score (nSPS) is 12.1. The van der Waals surface area contributed by atoms with Crippen molar-refractivity contribution in [2.45, 2.75) is 20.4 Å². The van der Waals surface area contributed by atoms with Crippen LogP contribution in [-0.2, 0) is 11.3 Å². The zero-order valence-corrected chi connectivity index (χ0v) is 16.8. The van der Waals surface area contributed by atoms with Gasteiger partial charge in [-0.25, -0.2) is 0 Å². The molecule has 4 nitrogen and oxygen atoms in total. The smallest absolute Gasteiger partial charge is 0.280 e. The molecule has 0 saturated carbocycles. The molecule has 6 heteroatoms. The summed E-state index contributed by atoms with van der Waals surface area (Å²) in [6.45, 7) is 5.41. The Morgan fingerprint density at radius 3 is 2.68 bits per heavy atom. The largest absolute Gasteiger partial charge is 0.383 e. The van der Waals surface area contributed by atoms with Gasteiger partial charge in [-0.3, -0.25) is 4.79 Å². The lowest BCUT2D eigenvalue weighted by Crippen LogP contribution is -2.19. The summed E-state index contributed by atoms with van der Waals surface area (Å²) in [7, 11) is 1.67. The third-order valence-electron chi connectivity index (χ3n) is 4.12. The fourth-order valence-corrected chi connectivity index (χ4v) is 4.18. The third kappa shape index (κ3) is 3.76. The van der Waals surface area contributed by atoms with E-state index in [1.54, 1.807) is 13.2 Å². The van der Waals surface area contributed by atoms with E-state index in [-0.39, 0.29) is 5.91 Å². The summed E-state index contributed by atoms with van der Waals surface area (Å²) < 4.78 is 9.16. The van der Waals surface area contributed by atoms with Crippen molar-refractivity contribution in [2.75, 3.05) is 13.7 Å². The van der Waals surface area contributed by atoms with E-state index >= 15 is 0 Å². The molecule has 2 aromatic carbocycles. The van der Waals surface area contributed by atoms with Gasteiger partial charge in [0.1, 0.15) is 0 Å². The van der Waals surface area contributed by atoms with Crippen molar-refractivity contribution in [3.8, 4) is 0 Å². The maximum Gasteiger partial charge on any atom is 0.280 e. The molecule has 1 amide bonds. The average Bonchev–Trinajstić information content (AvgIpc) is 2.90. The summed E-state index contributed by atoms with van der Waals surface area (Å²) in [5.41, 5.74) is 4.10. The number of thiazole rings is 1. The van der Waals surface area contributed by atoms with Gasteiger partial charge < -0.3 is 9.30 Å². The maximum atomic E-state index is 12.6. The van der Waals surface area contributed by atoms with Gasteiger partial charge in [-0.05, 0) is 65.2 Å². The first kappa shape index (κ1) is 18.0. The van der Waals surface area contributed by atoms with E-state index in [0.717, 1.165) is 14.7 Å². The Morgan fingerprint density at radius 2 is 1.96 bits per heavy atom. The number of benzene rings is 2. The van der Waals surface area contributed by atoms with Gasteiger partial charge >= 0.3 is 0 Å². The van der Waals surface area contributed by atoms with Gasteiger partial charge in [-0.2, -0.15) is 4.99 Å². The molecule has 3 rings (SSSR count). The van der Waals surface area contributed by atoms with E-state index in [0.29, 0.717) is 23.5 Å². The zero-order chi connectivity index (χ0) is 18.0. The van der Waals surface area contributed by atoms with Crippen molar-refractivity contribution >= 4 is 43.4 Å². The molecule has 0 radical (unpaired) electrons. The number of fused-ring (bicyclic) bond motifs is 1. The van der Waals surface area contributed by atoms with Gasteiger partial charge in [0, 0.05) is 18.1 Å². The van der Waals surface area contributed by atoms with Gasteiger partial charge in [0.25, 0.3) is 5.91 Å². The highest BCUT2D eigenvalue weighted by molar-refractivity contribution is 9.10. The van der Waals surface area contributed by atoms with Crippen LogP contribution in [0.15, 0.2) is 45.9 Å². The first-order valence-corrected chi connectivity index (χ1v) is 9.55. The quantitative estimate of drug-likeness (QED) is 0.627. The van der Waals surface area contributed by atoms with E-state index in [1.165, 1.54) is 22.5 Å². The van der Waals surface area contributed by atoms with Gasteiger partial charge in [0.15, 0.2) is 4.80 Å². The lowest BCUT2D eigenvalue weighted by atomic mass is 10.1. The highest BCUT2D eigenvalue weighted by Crippen LogP contribution is 2.22. The number of carbonyl (C=O) groups is 1. The van der Waals surface area contributed by atoms with E-state index < -0.39 is 0 Å². The SMILES string of the molecule is COCCn1c(=NC(=O)c2ccccc2Br)sc2cc(C)c(C)cc21. The molecule has 0 aliphatic rings. The number of carbonyl (C=O) groups excluding carboxylic acids is 1. The Morgan fingerprint density at radius 1 is 1.24 bits per heavy atom. The lowest BCUT2D eigenvalue weighted by molar-refractivity contribution is 0.0996. The standard InChI is InChI=1S/C19H19BrN2O2S/c1-12-10-16-17(11-13(12)2)25-19(22(16)8-9-24-3)21-18(23)14-6-4-5-7-15(14)20/h4-7,10-11H,8-9H2,1-3H3. The van der Waals surface area contributed by atoms with Crippen LogP contribution < -0.4 is 4.80 Å². The van der Waals surface area contributed by atoms with E-state index in [2.05, 4.69) is 51.5 Å². The molecule has 0 aliphatic carbocycles. The molecule has 0 fully saturated rings. The number of hydrogen-bond donors (Lipinski definition) is 0. The van der Waals surface area contributed by atoms with E-state index in [4.69, 9.17) is 4.74 Å². The number of aryl methyl sites for hydroxylation is 2. The topological polar surface area (TPSA) is 43.6 Å².